The third-order valence-electron chi connectivity index (χ3n) is 6.69. The Morgan fingerprint density at radius 3 is 2.77 bits per heavy atom. The van der Waals surface area contributed by atoms with E-state index in [4.69, 9.17) is 0 Å². The first-order valence-electron chi connectivity index (χ1n) is 11.0. The molecule has 0 saturated heterocycles. The first-order chi connectivity index (χ1) is 14.5. The maximum Gasteiger partial charge on any atom is 0.262 e. The van der Waals surface area contributed by atoms with Crippen molar-refractivity contribution in [2.75, 3.05) is 10.6 Å². The predicted molar refractivity (Wildman–Crippen MR) is 120 cm³/mol. The molecule has 6 heteroatoms. The van der Waals surface area contributed by atoms with E-state index in [9.17, 15) is 4.79 Å². The van der Waals surface area contributed by atoms with Crippen LogP contribution < -0.4 is 10.6 Å². The number of pyridine rings is 1. The second-order valence-electron chi connectivity index (χ2n) is 9.33. The van der Waals surface area contributed by atoms with Crippen molar-refractivity contribution in [3.8, 4) is 0 Å². The molecule has 2 aliphatic rings. The van der Waals surface area contributed by atoms with Gasteiger partial charge in [0.05, 0.1) is 17.3 Å². The number of nitrogens with one attached hydrogen (secondary N) is 2. The Labute approximate surface area is 177 Å². The van der Waals surface area contributed by atoms with Gasteiger partial charge < -0.3 is 10.6 Å². The van der Waals surface area contributed by atoms with Crippen LogP contribution in [0.4, 0.5) is 11.6 Å². The SMILES string of the molecule is CC1(C)CC(C2CCCCC2)Nc2c(C(=O)Nc3ccc4ccccc4n3)cnn21. The Hall–Kier alpha value is -2.89. The monoisotopic (exact) mass is 403 g/mol. The molecule has 1 saturated carbocycles. The van der Waals surface area contributed by atoms with Crippen LogP contribution in [0.25, 0.3) is 10.9 Å². The number of carbonyl (C=O) groups excluding carboxylic acids is 1. The smallest absolute Gasteiger partial charge is 0.262 e. The Balaban J connectivity index is 1.41. The van der Waals surface area contributed by atoms with Gasteiger partial charge in [0.25, 0.3) is 5.91 Å². The number of para-hydroxylation sites is 1. The highest BCUT2D eigenvalue weighted by atomic mass is 16.1. The Bertz CT molecular complexity index is 1080. The van der Waals surface area contributed by atoms with E-state index in [0.717, 1.165) is 23.1 Å². The van der Waals surface area contributed by atoms with Gasteiger partial charge in [-0.1, -0.05) is 37.5 Å². The molecule has 5 rings (SSSR count). The summed E-state index contributed by atoms with van der Waals surface area (Å²) < 4.78 is 1.98. The molecule has 2 N–H and O–H groups in total. The van der Waals surface area contributed by atoms with Crippen LogP contribution in [0.2, 0.25) is 0 Å². The van der Waals surface area contributed by atoms with Gasteiger partial charge in [-0.2, -0.15) is 5.10 Å². The summed E-state index contributed by atoms with van der Waals surface area (Å²) in [6.07, 6.45) is 9.21. The van der Waals surface area contributed by atoms with Crippen molar-refractivity contribution in [3.63, 3.8) is 0 Å². The number of amides is 1. The summed E-state index contributed by atoms with van der Waals surface area (Å²) in [7, 11) is 0. The van der Waals surface area contributed by atoms with Crippen LogP contribution in [0.3, 0.4) is 0 Å². The van der Waals surface area contributed by atoms with E-state index in [1.54, 1.807) is 6.20 Å². The minimum atomic E-state index is -0.174. The van der Waals surface area contributed by atoms with Crippen LogP contribution in [0.15, 0.2) is 42.6 Å². The molecule has 30 heavy (non-hydrogen) atoms. The van der Waals surface area contributed by atoms with Crippen molar-refractivity contribution >= 4 is 28.4 Å². The lowest BCUT2D eigenvalue weighted by Gasteiger charge is -2.42. The van der Waals surface area contributed by atoms with Crippen LogP contribution in [0.1, 0.15) is 62.7 Å². The van der Waals surface area contributed by atoms with Crippen molar-refractivity contribution in [2.45, 2.75) is 64.0 Å². The van der Waals surface area contributed by atoms with Gasteiger partial charge in [0.2, 0.25) is 0 Å². The summed E-state index contributed by atoms with van der Waals surface area (Å²) in [6, 6.07) is 12.1. The lowest BCUT2D eigenvalue weighted by Crippen LogP contribution is -2.45. The molecular weight excluding hydrogens is 374 g/mol. The summed E-state index contributed by atoms with van der Waals surface area (Å²) in [4.78, 5) is 17.7. The van der Waals surface area contributed by atoms with Crippen LogP contribution in [0.5, 0.6) is 0 Å². The van der Waals surface area contributed by atoms with E-state index < -0.39 is 0 Å². The van der Waals surface area contributed by atoms with Gasteiger partial charge in [-0.15, -0.1) is 0 Å². The van der Waals surface area contributed by atoms with E-state index in [-0.39, 0.29) is 11.4 Å². The van der Waals surface area contributed by atoms with E-state index in [1.807, 2.05) is 41.1 Å². The molecule has 0 spiro atoms. The van der Waals surface area contributed by atoms with Crippen molar-refractivity contribution in [1.82, 2.24) is 14.8 Å². The molecular formula is C24H29N5O. The first-order valence-corrected chi connectivity index (χ1v) is 11.0. The lowest BCUT2D eigenvalue weighted by atomic mass is 9.78. The van der Waals surface area contributed by atoms with Crippen LogP contribution >= 0.6 is 0 Å². The minimum absolute atomic E-state index is 0.123. The molecule has 1 aliphatic heterocycles. The number of aromatic nitrogens is 3. The zero-order chi connectivity index (χ0) is 20.7. The number of carbonyl (C=O) groups is 1. The molecule has 2 aromatic heterocycles. The molecule has 3 aromatic rings. The molecule has 1 aromatic carbocycles. The fourth-order valence-electron chi connectivity index (χ4n) is 5.10. The Morgan fingerprint density at radius 1 is 1.13 bits per heavy atom. The molecule has 1 fully saturated rings. The molecule has 0 radical (unpaired) electrons. The molecule has 6 nitrogen and oxygen atoms in total. The van der Waals surface area contributed by atoms with Gasteiger partial charge in [0, 0.05) is 11.4 Å². The normalized spacial score (nSPS) is 21.1. The standard InChI is InChI=1S/C24H29N5O/c1-24(2)14-20(16-8-4-3-5-9-16)27-22-18(15-25-29(22)24)23(30)28-21-13-12-17-10-6-7-11-19(17)26-21/h6-7,10-13,15-16,20,27H,3-5,8-9,14H2,1-2H3,(H,26,28,30). The van der Waals surface area contributed by atoms with Crippen molar-refractivity contribution < 1.29 is 4.79 Å². The second kappa shape index (κ2) is 7.42. The molecule has 156 valence electrons. The number of hydrogen-bond acceptors (Lipinski definition) is 4. The van der Waals surface area contributed by atoms with Crippen LogP contribution in [-0.4, -0.2) is 26.7 Å². The lowest BCUT2D eigenvalue weighted by molar-refractivity contribution is 0.102. The number of rotatable bonds is 3. The summed E-state index contributed by atoms with van der Waals surface area (Å²) in [5.74, 6) is 1.88. The summed E-state index contributed by atoms with van der Waals surface area (Å²) in [5.41, 5.74) is 1.32. The van der Waals surface area contributed by atoms with Crippen molar-refractivity contribution in [1.29, 1.82) is 0 Å². The van der Waals surface area contributed by atoms with E-state index >= 15 is 0 Å². The molecule has 0 bridgehead atoms. The summed E-state index contributed by atoms with van der Waals surface area (Å²) in [5, 5.41) is 12.3. The van der Waals surface area contributed by atoms with Crippen LogP contribution in [0, 0.1) is 5.92 Å². The third kappa shape index (κ3) is 3.44. The average Bonchev–Trinajstić information content (AvgIpc) is 3.19. The van der Waals surface area contributed by atoms with Crippen LogP contribution in [-0.2, 0) is 5.54 Å². The Kier molecular flexibility index (Phi) is 4.72. The molecule has 1 atom stereocenters. The quantitative estimate of drug-likeness (QED) is 0.632. The van der Waals surface area contributed by atoms with E-state index in [1.165, 1.54) is 32.1 Å². The highest BCUT2D eigenvalue weighted by Gasteiger charge is 2.39. The van der Waals surface area contributed by atoms with Gasteiger partial charge >= 0.3 is 0 Å². The predicted octanol–water partition coefficient (Wildman–Crippen LogP) is 5.18. The average molecular weight is 404 g/mol. The van der Waals surface area contributed by atoms with E-state index in [2.05, 4.69) is 34.6 Å². The summed E-state index contributed by atoms with van der Waals surface area (Å²) in [6.45, 7) is 4.43. The van der Waals surface area contributed by atoms with Gasteiger partial charge in [-0.25, -0.2) is 9.67 Å². The molecule has 3 heterocycles. The molecule has 1 amide bonds. The third-order valence-corrected chi connectivity index (χ3v) is 6.69. The largest absolute Gasteiger partial charge is 0.366 e. The topological polar surface area (TPSA) is 71.8 Å². The van der Waals surface area contributed by atoms with Gasteiger partial charge in [0.15, 0.2) is 0 Å². The van der Waals surface area contributed by atoms with Gasteiger partial charge in [-0.05, 0) is 57.2 Å². The maximum absolute atomic E-state index is 13.1. The second-order valence-corrected chi connectivity index (χ2v) is 9.33. The maximum atomic E-state index is 13.1. The number of hydrogen-bond donors (Lipinski definition) is 2. The minimum Gasteiger partial charge on any atom is -0.366 e. The number of nitrogens with zero attached hydrogens (tertiary/aromatic N) is 3. The van der Waals surface area contributed by atoms with Crippen molar-refractivity contribution in [3.05, 3.63) is 48.2 Å². The highest BCUT2D eigenvalue weighted by Crippen LogP contribution is 2.39. The Morgan fingerprint density at radius 2 is 1.93 bits per heavy atom. The first kappa shape index (κ1) is 19.1. The zero-order valence-corrected chi connectivity index (χ0v) is 17.7. The fraction of sp³-hybridized carbons (Fsp3) is 0.458. The van der Waals surface area contributed by atoms with Gasteiger partial charge in [0.1, 0.15) is 17.2 Å². The number of fused-ring (bicyclic) bond motifs is 2. The molecule has 1 aliphatic carbocycles. The van der Waals surface area contributed by atoms with Crippen molar-refractivity contribution in [2.24, 2.45) is 5.92 Å². The zero-order valence-electron chi connectivity index (χ0n) is 17.7. The fourth-order valence-corrected chi connectivity index (χ4v) is 5.10. The highest BCUT2D eigenvalue weighted by molar-refractivity contribution is 6.07. The number of benzene rings is 1. The summed E-state index contributed by atoms with van der Waals surface area (Å²) >= 11 is 0. The van der Waals surface area contributed by atoms with Gasteiger partial charge in [-0.3, -0.25) is 4.79 Å². The number of anilines is 2. The molecule has 1 unspecified atom stereocenters. The van der Waals surface area contributed by atoms with E-state index in [0.29, 0.717) is 23.3 Å².